The molecule has 0 aliphatic carbocycles. The number of hydrogen-bond donors (Lipinski definition) is 0. The van der Waals surface area contributed by atoms with Crippen LogP contribution in [0.2, 0.25) is 0 Å². The maximum atomic E-state index is 4.14. The van der Waals surface area contributed by atoms with Crippen LogP contribution >= 0.6 is 0 Å². The van der Waals surface area contributed by atoms with Crippen LogP contribution in [0.25, 0.3) is 0 Å². The van der Waals surface area contributed by atoms with Crippen molar-refractivity contribution in [2.75, 3.05) is 27.2 Å². The van der Waals surface area contributed by atoms with Crippen molar-refractivity contribution in [2.24, 2.45) is 10.2 Å². The van der Waals surface area contributed by atoms with Gasteiger partial charge in [-0.1, -0.05) is 12.7 Å². The van der Waals surface area contributed by atoms with Gasteiger partial charge in [0.1, 0.15) is 0 Å². The lowest BCUT2D eigenvalue weighted by Crippen LogP contribution is -2.20. The first-order chi connectivity index (χ1) is 6.27. The molecule has 1 aliphatic rings. The van der Waals surface area contributed by atoms with Crippen molar-refractivity contribution in [1.29, 1.82) is 0 Å². The van der Waals surface area contributed by atoms with Crippen molar-refractivity contribution in [1.82, 2.24) is 4.90 Å². The molecule has 0 saturated heterocycles. The largest absolute Gasteiger partial charge is 0.302 e. The normalized spacial score (nSPS) is 20.8. The Labute approximate surface area is 79.8 Å². The van der Waals surface area contributed by atoms with E-state index in [1.54, 1.807) is 7.05 Å². The number of rotatable bonds is 2. The molecule has 72 valence electrons. The minimum atomic E-state index is 0.942. The second-order valence-corrected chi connectivity index (χ2v) is 3.32. The van der Waals surface area contributed by atoms with E-state index in [0.29, 0.717) is 0 Å². The summed E-state index contributed by atoms with van der Waals surface area (Å²) in [5, 5.41) is 7.96. The topological polar surface area (TPSA) is 28.0 Å². The summed E-state index contributed by atoms with van der Waals surface area (Å²) in [4.78, 5) is 2.29. The number of allylic oxidation sites excluding steroid dienone is 1. The highest BCUT2D eigenvalue weighted by atomic mass is 15.1. The van der Waals surface area contributed by atoms with Crippen LogP contribution in [0.4, 0.5) is 0 Å². The zero-order valence-electron chi connectivity index (χ0n) is 8.45. The molecule has 0 amide bonds. The average Bonchev–Trinajstić information content (AvgIpc) is 2.29. The van der Waals surface area contributed by atoms with E-state index in [9.17, 15) is 0 Å². The Kier molecular flexibility index (Phi) is 3.83. The lowest BCUT2D eigenvalue weighted by molar-refractivity contribution is 0.368. The molecule has 0 bridgehead atoms. The summed E-state index contributed by atoms with van der Waals surface area (Å²) in [7, 11) is 3.83. The Morgan fingerprint density at radius 2 is 2.31 bits per heavy atom. The van der Waals surface area contributed by atoms with Crippen LogP contribution in [0.3, 0.4) is 0 Å². The molecule has 13 heavy (non-hydrogen) atoms. The summed E-state index contributed by atoms with van der Waals surface area (Å²) in [6.07, 6.45) is 4.07. The zero-order chi connectivity index (χ0) is 9.68. The van der Waals surface area contributed by atoms with Gasteiger partial charge in [-0.25, -0.2) is 0 Å². The third-order valence-electron chi connectivity index (χ3n) is 2.23. The van der Waals surface area contributed by atoms with Gasteiger partial charge in [-0.3, -0.25) is 0 Å². The minimum absolute atomic E-state index is 0.942. The molecule has 1 rings (SSSR count). The van der Waals surface area contributed by atoms with Gasteiger partial charge in [0.25, 0.3) is 0 Å². The van der Waals surface area contributed by atoms with E-state index >= 15 is 0 Å². The fraction of sp³-hybridized carbons (Fsp3) is 0.600. The number of nitrogens with zero attached hydrogens (tertiary/aromatic N) is 3. The van der Waals surface area contributed by atoms with E-state index in [4.69, 9.17) is 0 Å². The fourth-order valence-electron chi connectivity index (χ4n) is 1.56. The fourth-order valence-corrected chi connectivity index (χ4v) is 1.56. The summed E-state index contributed by atoms with van der Waals surface area (Å²) >= 11 is 0. The van der Waals surface area contributed by atoms with E-state index in [1.165, 1.54) is 5.57 Å². The molecular formula is C10H17N3. The highest BCUT2D eigenvalue weighted by Crippen LogP contribution is 2.19. The van der Waals surface area contributed by atoms with Crippen molar-refractivity contribution in [3.05, 3.63) is 23.9 Å². The zero-order valence-corrected chi connectivity index (χ0v) is 8.45. The molecule has 0 aromatic heterocycles. The van der Waals surface area contributed by atoms with E-state index < -0.39 is 0 Å². The van der Waals surface area contributed by atoms with Crippen molar-refractivity contribution >= 4 is 0 Å². The molecule has 0 aromatic carbocycles. The lowest BCUT2D eigenvalue weighted by atomic mass is 10.1. The molecule has 0 atom stereocenters. The third-order valence-corrected chi connectivity index (χ3v) is 2.23. The number of hydrogen-bond acceptors (Lipinski definition) is 3. The van der Waals surface area contributed by atoms with Crippen LogP contribution in [0, 0.1) is 0 Å². The van der Waals surface area contributed by atoms with Crippen molar-refractivity contribution in [3.8, 4) is 0 Å². The summed E-state index contributed by atoms with van der Waals surface area (Å²) < 4.78 is 0. The highest BCUT2D eigenvalue weighted by Gasteiger charge is 2.11. The molecule has 0 radical (unpaired) electrons. The second kappa shape index (κ2) is 4.92. The lowest BCUT2D eigenvalue weighted by Gasteiger charge is -2.12. The monoisotopic (exact) mass is 179 g/mol. The van der Waals surface area contributed by atoms with Crippen LogP contribution in [-0.2, 0) is 0 Å². The first-order valence-corrected chi connectivity index (χ1v) is 4.60. The summed E-state index contributed by atoms with van der Waals surface area (Å²) in [6.45, 7) is 5.87. The van der Waals surface area contributed by atoms with Gasteiger partial charge in [0.15, 0.2) is 0 Å². The van der Waals surface area contributed by atoms with Gasteiger partial charge in [-0.2, -0.15) is 10.2 Å². The van der Waals surface area contributed by atoms with Gasteiger partial charge in [0.2, 0.25) is 0 Å². The quantitative estimate of drug-likeness (QED) is 0.597. The summed E-state index contributed by atoms with van der Waals surface area (Å²) in [6, 6.07) is 0. The van der Waals surface area contributed by atoms with E-state index in [0.717, 1.165) is 31.6 Å². The van der Waals surface area contributed by atoms with E-state index in [2.05, 4.69) is 28.8 Å². The standard InChI is InChI=1S/C10H17N3/c1-4-9-8-13(3)7-5-6-10(9)12-11-2/h4H,1,5-8H2,2-3H3. The number of azo groups is 1. The van der Waals surface area contributed by atoms with Gasteiger partial charge >= 0.3 is 0 Å². The predicted molar refractivity (Wildman–Crippen MR) is 54.7 cm³/mol. The average molecular weight is 179 g/mol. The van der Waals surface area contributed by atoms with Gasteiger partial charge in [-0.05, 0) is 32.0 Å². The molecule has 0 spiro atoms. The van der Waals surface area contributed by atoms with Crippen molar-refractivity contribution in [2.45, 2.75) is 12.8 Å². The highest BCUT2D eigenvalue weighted by molar-refractivity contribution is 5.25. The second-order valence-electron chi connectivity index (χ2n) is 3.32. The van der Waals surface area contributed by atoms with Gasteiger partial charge in [-0.15, -0.1) is 0 Å². The van der Waals surface area contributed by atoms with Gasteiger partial charge < -0.3 is 4.90 Å². The Morgan fingerprint density at radius 3 is 2.92 bits per heavy atom. The predicted octanol–water partition coefficient (Wildman–Crippen LogP) is 2.23. The molecule has 0 fully saturated rings. The molecular weight excluding hydrogens is 162 g/mol. The maximum Gasteiger partial charge on any atom is 0.0671 e. The molecule has 0 aromatic rings. The Balaban J connectivity index is 2.86. The van der Waals surface area contributed by atoms with Crippen LogP contribution < -0.4 is 0 Å². The van der Waals surface area contributed by atoms with Crippen LogP contribution in [0.1, 0.15) is 12.8 Å². The summed E-state index contributed by atoms with van der Waals surface area (Å²) in [5.41, 5.74) is 2.31. The van der Waals surface area contributed by atoms with E-state index in [-0.39, 0.29) is 0 Å². The first-order valence-electron chi connectivity index (χ1n) is 4.60. The van der Waals surface area contributed by atoms with Crippen LogP contribution in [-0.4, -0.2) is 32.1 Å². The van der Waals surface area contributed by atoms with Gasteiger partial charge in [0.05, 0.1) is 5.70 Å². The van der Waals surface area contributed by atoms with Crippen LogP contribution in [0.5, 0.6) is 0 Å². The smallest absolute Gasteiger partial charge is 0.0671 e. The van der Waals surface area contributed by atoms with Crippen molar-refractivity contribution in [3.63, 3.8) is 0 Å². The van der Waals surface area contributed by atoms with E-state index in [1.807, 2.05) is 6.08 Å². The Morgan fingerprint density at radius 1 is 1.54 bits per heavy atom. The molecule has 0 N–H and O–H groups in total. The third kappa shape index (κ3) is 2.77. The van der Waals surface area contributed by atoms with Crippen molar-refractivity contribution < 1.29 is 0 Å². The Bertz CT molecular complexity index is 241. The number of likely N-dealkylation sites (N-methyl/N-ethyl adjacent to an activating group) is 1. The van der Waals surface area contributed by atoms with Crippen LogP contribution in [0.15, 0.2) is 34.2 Å². The molecule has 3 heteroatoms. The molecule has 3 nitrogen and oxygen atoms in total. The molecule has 1 aliphatic heterocycles. The van der Waals surface area contributed by atoms with Gasteiger partial charge in [0, 0.05) is 13.6 Å². The Hall–Kier alpha value is -0.960. The first kappa shape index (κ1) is 10.1. The maximum absolute atomic E-state index is 4.14. The minimum Gasteiger partial charge on any atom is -0.302 e. The SMILES string of the molecule is C=CC1=C(N=NC)CCCN(C)C1. The molecule has 1 heterocycles. The molecule has 0 unspecified atom stereocenters. The molecule has 0 saturated carbocycles. The summed E-state index contributed by atoms with van der Waals surface area (Å²) in [5.74, 6) is 0.